The molecule has 0 spiro atoms. The van der Waals surface area contributed by atoms with Crippen LogP contribution in [0.1, 0.15) is 6.42 Å². The van der Waals surface area contributed by atoms with Crippen LogP contribution in [0.2, 0.25) is 0 Å². The highest BCUT2D eigenvalue weighted by Gasteiger charge is 2.18. The quantitative estimate of drug-likeness (QED) is 0.741. The summed E-state index contributed by atoms with van der Waals surface area (Å²) in [6, 6.07) is 8.35. The SMILES string of the molecule is CN(C)c1ncnc2c1nc(-c1cccc(F)c1)n2CCC#N. The number of aryl methyl sites for hydroxylation is 1. The third-order valence-electron chi connectivity index (χ3n) is 3.47. The lowest BCUT2D eigenvalue weighted by Crippen LogP contribution is -2.11. The van der Waals surface area contributed by atoms with Crippen molar-refractivity contribution in [1.29, 1.82) is 5.26 Å². The minimum Gasteiger partial charge on any atom is -0.361 e. The first-order valence-corrected chi connectivity index (χ1v) is 7.13. The summed E-state index contributed by atoms with van der Waals surface area (Å²) in [7, 11) is 3.75. The molecule has 1 aromatic carbocycles. The second-order valence-corrected chi connectivity index (χ2v) is 5.27. The molecule has 0 fully saturated rings. The third kappa shape index (κ3) is 2.71. The van der Waals surface area contributed by atoms with E-state index in [2.05, 4.69) is 21.0 Å². The summed E-state index contributed by atoms with van der Waals surface area (Å²) < 4.78 is 15.4. The minimum atomic E-state index is -0.333. The second kappa shape index (κ2) is 6.01. The lowest BCUT2D eigenvalue weighted by Gasteiger charge is -2.10. The van der Waals surface area contributed by atoms with Gasteiger partial charge in [-0.3, -0.25) is 0 Å². The summed E-state index contributed by atoms with van der Waals surface area (Å²) in [6.45, 7) is 0.433. The number of hydrogen-bond donors (Lipinski definition) is 0. The molecule has 0 aliphatic rings. The number of rotatable bonds is 4. The van der Waals surface area contributed by atoms with Crippen LogP contribution in [0.5, 0.6) is 0 Å². The summed E-state index contributed by atoms with van der Waals surface area (Å²) in [6.07, 6.45) is 1.78. The Morgan fingerprint density at radius 3 is 2.83 bits per heavy atom. The Hall–Kier alpha value is -3.01. The van der Waals surface area contributed by atoms with Crippen molar-refractivity contribution in [3.05, 3.63) is 36.4 Å². The van der Waals surface area contributed by atoms with E-state index in [0.717, 1.165) is 0 Å². The molecule has 0 saturated heterocycles. The van der Waals surface area contributed by atoms with Crippen molar-refractivity contribution in [2.75, 3.05) is 19.0 Å². The van der Waals surface area contributed by atoms with Crippen LogP contribution in [0.3, 0.4) is 0 Å². The van der Waals surface area contributed by atoms with Crippen LogP contribution >= 0.6 is 0 Å². The summed E-state index contributed by atoms with van der Waals surface area (Å²) in [4.78, 5) is 15.0. The molecule has 23 heavy (non-hydrogen) atoms. The molecular weight excluding hydrogens is 295 g/mol. The van der Waals surface area contributed by atoms with Gasteiger partial charge in [0.05, 0.1) is 12.5 Å². The number of nitrogens with zero attached hydrogens (tertiary/aromatic N) is 6. The van der Waals surface area contributed by atoms with Gasteiger partial charge < -0.3 is 9.47 Å². The monoisotopic (exact) mass is 310 g/mol. The van der Waals surface area contributed by atoms with Gasteiger partial charge in [0.15, 0.2) is 17.0 Å². The van der Waals surface area contributed by atoms with Crippen molar-refractivity contribution in [2.24, 2.45) is 0 Å². The van der Waals surface area contributed by atoms with Gasteiger partial charge in [0.2, 0.25) is 0 Å². The number of imidazole rings is 1. The molecular formula is C16H15FN6. The Balaban J connectivity index is 2.27. The number of fused-ring (bicyclic) bond motifs is 1. The summed E-state index contributed by atoms with van der Waals surface area (Å²) in [5.41, 5.74) is 1.92. The maximum atomic E-state index is 13.6. The van der Waals surface area contributed by atoms with Gasteiger partial charge in [-0.1, -0.05) is 12.1 Å². The van der Waals surface area contributed by atoms with Crippen molar-refractivity contribution in [3.8, 4) is 17.5 Å². The average Bonchev–Trinajstić information content (AvgIpc) is 2.91. The van der Waals surface area contributed by atoms with Gasteiger partial charge in [0, 0.05) is 26.2 Å². The Labute approximate surface area is 132 Å². The topological polar surface area (TPSA) is 70.6 Å². The molecule has 0 aliphatic heterocycles. The lowest BCUT2D eigenvalue weighted by atomic mass is 10.2. The zero-order valence-corrected chi connectivity index (χ0v) is 12.9. The lowest BCUT2D eigenvalue weighted by molar-refractivity contribution is 0.627. The molecule has 0 N–H and O–H groups in total. The highest BCUT2D eigenvalue weighted by atomic mass is 19.1. The predicted molar refractivity (Wildman–Crippen MR) is 85.3 cm³/mol. The standard InChI is InChI=1S/C16H15FN6/c1-22(2)15-13-16(20-10-19-15)23(8-4-7-18)14(21-13)11-5-3-6-12(17)9-11/h3,5-6,9-10H,4,8H2,1-2H3. The van der Waals surface area contributed by atoms with Gasteiger partial charge in [-0.05, 0) is 12.1 Å². The Kier molecular flexibility index (Phi) is 3.89. The largest absolute Gasteiger partial charge is 0.361 e. The van der Waals surface area contributed by atoms with Crippen LogP contribution in [0, 0.1) is 17.1 Å². The highest BCUT2D eigenvalue weighted by Crippen LogP contribution is 2.28. The number of halogens is 1. The maximum absolute atomic E-state index is 13.6. The van der Waals surface area contributed by atoms with E-state index in [1.165, 1.54) is 18.5 Å². The number of aromatic nitrogens is 4. The highest BCUT2D eigenvalue weighted by molar-refractivity contribution is 5.86. The molecule has 0 amide bonds. The van der Waals surface area contributed by atoms with Crippen LogP contribution in [0.4, 0.5) is 10.2 Å². The zero-order valence-electron chi connectivity index (χ0n) is 12.9. The fraction of sp³-hybridized carbons (Fsp3) is 0.250. The van der Waals surface area contributed by atoms with Gasteiger partial charge in [0.25, 0.3) is 0 Å². The van der Waals surface area contributed by atoms with E-state index >= 15 is 0 Å². The van der Waals surface area contributed by atoms with E-state index in [1.807, 2.05) is 23.6 Å². The molecule has 6 nitrogen and oxygen atoms in total. The number of nitriles is 1. The molecule has 2 heterocycles. The van der Waals surface area contributed by atoms with E-state index in [9.17, 15) is 4.39 Å². The Morgan fingerprint density at radius 1 is 1.30 bits per heavy atom. The zero-order chi connectivity index (χ0) is 16.4. The smallest absolute Gasteiger partial charge is 0.165 e. The first-order chi connectivity index (χ1) is 11.1. The van der Waals surface area contributed by atoms with Gasteiger partial charge in [-0.2, -0.15) is 5.26 Å². The number of anilines is 1. The number of benzene rings is 1. The van der Waals surface area contributed by atoms with E-state index in [4.69, 9.17) is 5.26 Å². The van der Waals surface area contributed by atoms with E-state index in [0.29, 0.717) is 41.3 Å². The summed E-state index contributed by atoms with van der Waals surface area (Å²) >= 11 is 0. The van der Waals surface area contributed by atoms with Crippen molar-refractivity contribution in [3.63, 3.8) is 0 Å². The Bertz CT molecular complexity index is 893. The van der Waals surface area contributed by atoms with E-state index in [1.54, 1.807) is 12.1 Å². The van der Waals surface area contributed by atoms with Crippen LogP contribution in [0.25, 0.3) is 22.6 Å². The molecule has 0 saturated carbocycles. The first-order valence-electron chi connectivity index (χ1n) is 7.13. The molecule has 0 radical (unpaired) electrons. The van der Waals surface area contributed by atoms with Crippen LogP contribution in [-0.4, -0.2) is 33.6 Å². The van der Waals surface area contributed by atoms with Crippen molar-refractivity contribution >= 4 is 17.0 Å². The van der Waals surface area contributed by atoms with Crippen LogP contribution in [0.15, 0.2) is 30.6 Å². The van der Waals surface area contributed by atoms with Crippen molar-refractivity contribution in [1.82, 2.24) is 19.5 Å². The van der Waals surface area contributed by atoms with Gasteiger partial charge in [-0.25, -0.2) is 19.3 Å². The van der Waals surface area contributed by atoms with Gasteiger partial charge in [0.1, 0.15) is 18.0 Å². The van der Waals surface area contributed by atoms with Crippen LogP contribution < -0.4 is 4.90 Å². The van der Waals surface area contributed by atoms with Gasteiger partial charge in [-0.15, -0.1) is 0 Å². The first kappa shape index (κ1) is 14.9. The molecule has 3 aromatic rings. The fourth-order valence-corrected chi connectivity index (χ4v) is 2.47. The second-order valence-electron chi connectivity index (χ2n) is 5.27. The van der Waals surface area contributed by atoms with E-state index in [-0.39, 0.29) is 5.82 Å². The summed E-state index contributed by atoms with van der Waals surface area (Å²) in [5, 5.41) is 8.90. The molecule has 2 aromatic heterocycles. The number of hydrogen-bond acceptors (Lipinski definition) is 5. The van der Waals surface area contributed by atoms with Gasteiger partial charge >= 0.3 is 0 Å². The van der Waals surface area contributed by atoms with E-state index < -0.39 is 0 Å². The maximum Gasteiger partial charge on any atom is 0.165 e. The molecule has 0 aliphatic carbocycles. The predicted octanol–water partition coefficient (Wildman–Crippen LogP) is 2.61. The molecule has 3 rings (SSSR count). The molecule has 116 valence electrons. The average molecular weight is 310 g/mol. The van der Waals surface area contributed by atoms with Crippen molar-refractivity contribution in [2.45, 2.75) is 13.0 Å². The van der Waals surface area contributed by atoms with Crippen LogP contribution in [-0.2, 0) is 6.54 Å². The normalized spacial score (nSPS) is 10.7. The molecule has 0 unspecified atom stereocenters. The fourth-order valence-electron chi connectivity index (χ4n) is 2.47. The summed E-state index contributed by atoms with van der Waals surface area (Å²) in [5.74, 6) is 0.932. The molecule has 7 heteroatoms. The van der Waals surface area contributed by atoms with Crippen molar-refractivity contribution < 1.29 is 4.39 Å². The Morgan fingerprint density at radius 2 is 2.13 bits per heavy atom. The minimum absolute atomic E-state index is 0.315. The molecule has 0 atom stereocenters. The third-order valence-corrected chi connectivity index (χ3v) is 3.47. The molecule has 0 bridgehead atoms.